The van der Waals surface area contributed by atoms with Crippen LogP contribution in [-0.2, 0) is 0 Å². The van der Waals surface area contributed by atoms with Crippen molar-refractivity contribution in [1.29, 1.82) is 0 Å². The SMILES string of the molecule is C[C@@H]1CC[C@@H]2CCCC[C@H]2[C@H]1O. The highest BCUT2D eigenvalue weighted by molar-refractivity contribution is 4.87. The van der Waals surface area contributed by atoms with Crippen molar-refractivity contribution in [2.24, 2.45) is 17.8 Å². The Bertz CT molecular complexity index is 153. The molecular formula is C11H20O. The number of aliphatic hydroxyl groups is 1. The van der Waals surface area contributed by atoms with Crippen LogP contribution in [0.1, 0.15) is 45.4 Å². The van der Waals surface area contributed by atoms with Gasteiger partial charge in [-0.1, -0.05) is 26.2 Å². The molecule has 12 heavy (non-hydrogen) atoms. The Labute approximate surface area is 75.2 Å². The Morgan fingerprint density at radius 3 is 2.58 bits per heavy atom. The third-order valence-electron chi connectivity index (χ3n) is 3.98. The molecule has 0 unspecified atom stereocenters. The summed E-state index contributed by atoms with van der Waals surface area (Å²) in [7, 11) is 0. The molecule has 0 amide bonds. The summed E-state index contributed by atoms with van der Waals surface area (Å²) in [4.78, 5) is 0. The Kier molecular flexibility index (Phi) is 2.40. The molecule has 2 rings (SSSR count). The molecule has 2 aliphatic carbocycles. The molecule has 0 radical (unpaired) electrons. The molecular weight excluding hydrogens is 148 g/mol. The number of fused-ring (bicyclic) bond motifs is 1. The minimum atomic E-state index is 0.0176. The lowest BCUT2D eigenvalue weighted by Crippen LogP contribution is -2.39. The average Bonchev–Trinajstić information content (AvgIpc) is 2.12. The predicted molar refractivity (Wildman–Crippen MR) is 49.9 cm³/mol. The molecule has 0 aromatic rings. The summed E-state index contributed by atoms with van der Waals surface area (Å²) in [6.07, 6.45) is 8.08. The van der Waals surface area contributed by atoms with Gasteiger partial charge >= 0.3 is 0 Å². The maximum absolute atomic E-state index is 9.97. The first-order valence-electron chi connectivity index (χ1n) is 5.47. The van der Waals surface area contributed by atoms with Gasteiger partial charge < -0.3 is 5.11 Å². The van der Waals surface area contributed by atoms with Crippen LogP contribution >= 0.6 is 0 Å². The molecule has 0 aromatic heterocycles. The summed E-state index contributed by atoms with van der Waals surface area (Å²) in [6, 6.07) is 0. The van der Waals surface area contributed by atoms with Crippen molar-refractivity contribution in [2.75, 3.05) is 0 Å². The van der Waals surface area contributed by atoms with E-state index in [4.69, 9.17) is 0 Å². The van der Waals surface area contributed by atoms with Crippen LogP contribution in [0, 0.1) is 17.8 Å². The summed E-state index contributed by atoms with van der Waals surface area (Å²) in [5, 5.41) is 9.97. The molecule has 2 saturated carbocycles. The fourth-order valence-electron chi connectivity index (χ4n) is 3.11. The first kappa shape index (κ1) is 8.55. The summed E-state index contributed by atoms with van der Waals surface area (Å²) >= 11 is 0. The Balaban J connectivity index is 2.03. The van der Waals surface area contributed by atoms with E-state index in [0.717, 1.165) is 5.92 Å². The van der Waals surface area contributed by atoms with Gasteiger partial charge in [-0.05, 0) is 37.0 Å². The molecule has 0 bridgehead atoms. The second-order valence-corrected chi connectivity index (χ2v) is 4.75. The monoisotopic (exact) mass is 168 g/mol. The van der Waals surface area contributed by atoms with Crippen molar-refractivity contribution in [2.45, 2.75) is 51.6 Å². The summed E-state index contributed by atoms with van der Waals surface area (Å²) < 4.78 is 0. The zero-order chi connectivity index (χ0) is 8.55. The second kappa shape index (κ2) is 3.37. The fourth-order valence-corrected chi connectivity index (χ4v) is 3.11. The standard InChI is InChI=1S/C11H20O/c1-8-6-7-9-4-2-3-5-10(9)11(8)12/h8-12H,2-7H2,1H3/t8-,9+,10-,11+/m1/s1. The Morgan fingerprint density at radius 2 is 1.75 bits per heavy atom. The minimum Gasteiger partial charge on any atom is -0.393 e. The van der Waals surface area contributed by atoms with Crippen molar-refractivity contribution in [3.63, 3.8) is 0 Å². The third-order valence-corrected chi connectivity index (χ3v) is 3.98. The van der Waals surface area contributed by atoms with Crippen molar-refractivity contribution < 1.29 is 5.11 Å². The van der Waals surface area contributed by atoms with E-state index in [1.165, 1.54) is 38.5 Å². The molecule has 0 aromatic carbocycles. The van der Waals surface area contributed by atoms with Crippen molar-refractivity contribution in [1.82, 2.24) is 0 Å². The van der Waals surface area contributed by atoms with Crippen molar-refractivity contribution in [3.8, 4) is 0 Å². The highest BCUT2D eigenvalue weighted by atomic mass is 16.3. The van der Waals surface area contributed by atoms with Gasteiger partial charge in [-0.15, -0.1) is 0 Å². The first-order chi connectivity index (χ1) is 5.79. The van der Waals surface area contributed by atoms with Gasteiger partial charge in [0.2, 0.25) is 0 Å². The van der Waals surface area contributed by atoms with E-state index < -0.39 is 0 Å². The van der Waals surface area contributed by atoms with Gasteiger partial charge in [0, 0.05) is 0 Å². The van der Waals surface area contributed by atoms with Crippen LogP contribution in [0.25, 0.3) is 0 Å². The van der Waals surface area contributed by atoms with E-state index in [2.05, 4.69) is 6.92 Å². The van der Waals surface area contributed by atoms with E-state index in [1.54, 1.807) is 0 Å². The van der Waals surface area contributed by atoms with Gasteiger partial charge in [0.05, 0.1) is 6.10 Å². The normalized spacial score (nSPS) is 48.5. The maximum Gasteiger partial charge on any atom is 0.0596 e. The van der Waals surface area contributed by atoms with E-state index in [9.17, 15) is 5.11 Å². The topological polar surface area (TPSA) is 20.2 Å². The number of rotatable bonds is 0. The lowest BCUT2D eigenvalue weighted by atomic mass is 9.66. The summed E-state index contributed by atoms with van der Waals surface area (Å²) in [6.45, 7) is 2.20. The van der Waals surface area contributed by atoms with Crippen molar-refractivity contribution in [3.05, 3.63) is 0 Å². The van der Waals surface area contributed by atoms with Crippen LogP contribution in [-0.4, -0.2) is 11.2 Å². The highest BCUT2D eigenvalue weighted by Crippen LogP contribution is 2.42. The molecule has 0 saturated heterocycles. The Hall–Kier alpha value is -0.0400. The zero-order valence-electron chi connectivity index (χ0n) is 8.00. The van der Waals surface area contributed by atoms with Crippen LogP contribution in [0.15, 0.2) is 0 Å². The van der Waals surface area contributed by atoms with E-state index in [1.807, 2.05) is 0 Å². The molecule has 1 heteroatoms. The van der Waals surface area contributed by atoms with Gasteiger partial charge in [-0.3, -0.25) is 0 Å². The predicted octanol–water partition coefficient (Wildman–Crippen LogP) is 2.58. The Morgan fingerprint density at radius 1 is 1.00 bits per heavy atom. The van der Waals surface area contributed by atoms with Crippen LogP contribution in [0.4, 0.5) is 0 Å². The first-order valence-corrected chi connectivity index (χ1v) is 5.47. The molecule has 0 spiro atoms. The van der Waals surface area contributed by atoms with Crippen LogP contribution in [0.2, 0.25) is 0 Å². The highest BCUT2D eigenvalue weighted by Gasteiger charge is 2.37. The third kappa shape index (κ3) is 1.39. The lowest BCUT2D eigenvalue weighted by molar-refractivity contribution is -0.0259. The van der Waals surface area contributed by atoms with E-state index in [-0.39, 0.29) is 6.10 Å². The summed E-state index contributed by atoms with van der Waals surface area (Å²) in [5.41, 5.74) is 0. The minimum absolute atomic E-state index is 0.0176. The van der Waals surface area contributed by atoms with Crippen LogP contribution < -0.4 is 0 Å². The largest absolute Gasteiger partial charge is 0.393 e. The number of aliphatic hydroxyl groups excluding tert-OH is 1. The molecule has 1 N–H and O–H groups in total. The van der Waals surface area contributed by atoms with Gasteiger partial charge in [0.1, 0.15) is 0 Å². The van der Waals surface area contributed by atoms with Gasteiger partial charge in [0.15, 0.2) is 0 Å². The molecule has 4 atom stereocenters. The van der Waals surface area contributed by atoms with Gasteiger partial charge in [-0.25, -0.2) is 0 Å². The van der Waals surface area contributed by atoms with E-state index in [0.29, 0.717) is 11.8 Å². The molecule has 0 aliphatic heterocycles. The smallest absolute Gasteiger partial charge is 0.0596 e. The van der Waals surface area contributed by atoms with Crippen LogP contribution in [0.3, 0.4) is 0 Å². The number of hydrogen-bond acceptors (Lipinski definition) is 1. The maximum atomic E-state index is 9.97. The zero-order valence-corrected chi connectivity index (χ0v) is 8.00. The molecule has 2 fully saturated rings. The van der Waals surface area contributed by atoms with Crippen LogP contribution in [0.5, 0.6) is 0 Å². The van der Waals surface area contributed by atoms with Crippen molar-refractivity contribution >= 4 is 0 Å². The molecule has 2 aliphatic rings. The van der Waals surface area contributed by atoms with Gasteiger partial charge in [0.25, 0.3) is 0 Å². The molecule has 1 nitrogen and oxygen atoms in total. The fraction of sp³-hybridized carbons (Fsp3) is 1.00. The average molecular weight is 168 g/mol. The molecule has 70 valence electrons. The number of hydrogen-bond donors (Lipinski definition) is 1. The summed E-state index contributed by atoms with van der Waals surface area (Å²) in [5.74, 6) is 2.08. The quantitative estimate of drug-likeness (QED) is 0.589. The lowest BCUT2D eigenvalue weighted by Gasteiger charge is -2.42. The van der Waals surface area contributed by atoms with Gasteiger partial charge in [-0.2, -0.15) is 0 Å². The van der Waals surface area contributed by atoms with E-state index >= 15 is 0 Å². The second-order valence-electron chi connectivity index (χ2n) is 4.75. The molecule has 0 heterocycles.